The van der Waals surface area contributed by atoms with E-state index < -0.39 is 5.97 Å². The van der Waals surface area contributed by atoms with Crippen molar-refractivity contribution in [1.82, 2.24) is 9.80 Å². The van der Waals surface area contributed by atoms with Gasteiger partial charge in [-0.25, -0.2) is 0 Å². The van der Waals surface area contributed by atoms with Gasteiger partial charge in [0.15, 0.2) is 0 Å². The van der Waals surface area contributed by atoms with Crippen LogP contribution >= 0.6 is 0 Å². The van der Waals surface area contributed by atoms with E-state index in [2.05, 4.69) is 16.8 Å². The molecule has 3 saturated heterocycles. The predicted molar refractivity (Wildman–Crippen MR) is 74.1 cm³/mol. The molecule has 3 aliphatic rings. The van der Waals surface area contributed by atoms with E-state index in [9.17, 15) is 9.90 Å². The molecule has 4 unspecified atom stereocenters. The summed E-state index contributed by atoms with van der Waals surface area (Å²) in [6, 6.07) is 1.61. The molecule has 19 heavy (non-hydrogen) atoms. The summed E-state index contributed by atoms with van der Waals surface area (Å²) < 4.78 is 0. The highest BCUT2D eigenvalue weighted by Gasteiger charge is 2.48. The minimum Gasteiger partial charge on any atom is -0.481 e. The first-order valence-corrected chi connectivity index (χ1v) is 7.85. The molecule has 0 amide bonds. The van der Waals surface area contributed by atoms with Crippen molar-refractivity contribution < 1.29 is 9.90 Å². The largest absolute Gasteiger partial charge is 0.481 e. The molecule has 0 saturated carbocycles. The molecule has 3 fully saturated rings. The van der Waals surface area contributed by atoms with E-state index in [1.165, 1.54) is 38.6 Å². The Balaban J connectivity index is 1.54. The van der Waals surface area contributed by atoms with E-state index in [0.717, 1.165) is 25.4 Å². The van der Waals surface area contributed by atoms with E-state index in [-0.39, 0.29) is 5.92 Å². The number of carboxylic acids is 1. The first-order chi connectivity index (χ1) is 9.16. The average molecular weight is 266 g/mol. The van der Waals surface area contributed by atoms with Gasteiger partial charge in [-0.05, 0) is 52.1 Å². The van der Waals surface area contributed by atoms with Gasteiger partial charge in [-0.3, -0.25) is 9.69 Å². The van der Waals surface area contributed by atoms with Crippen molar-refractivity contribution >= 4 is 5.97 Å². The lowest BCUT2D eigenvalue weighted by atomic mass is 9.89. The van der Waals surface area contributed by atoms with Gasteiger partial charge in [0.25, 0.3) is 0 Å². The number of likely N-dealkylation sites (tertiary alicyclic amines) is 1. The molecule has 0 aliphatic carbocycles. The van der Waals surface area contributed by atoms with Crippen LogP contribution in [0.5, 0.6) is 0 Å². The molecule has 3 heterocycles. The number of nitrogens with zero attached hydrogens (tertiary/aromatic N) is 2. The molecule has 4 heteroatoms. The summed E-state index contributed by atoms with van der Waals surface area (Å²) in [6.45, 7) is 2.34. The summed E-state index contributed by atoms with van der Waals surface area (Å²) in [4.78, 5) is 16.3. The second kappa shape index (κ2) is 5.41. The van der Waals surface area contributed by atoms with Gasteiger partial charge in [-0.1, -0.05) is 6.42 Å². The van der Waals surface area contributed by atoms with Crippen molar-refractivity contribution in [3.63, 3.8) is 0 Å². The van der Waals surface area contributed by atoms with Gasteiger partial charge >= 0.3 is 5.97 Å². The molecule has 3 aliphatic heterocycles. The van der Waals surface area contributed by atoms with E-state index in [1.54, 1.807) is 0 Å². The summed E-state index contributed by atoms with van der Waals surface area (Å²) in [5, 5.41) is 9.28. The number of piperidine rings is 1. The summed E-state index contributed by atoms with van der Waals surface area (Å²) >= 11 is 0. The molecule has 0 spiro atoms. The molecule has 0 aromatic rings. The zero-order valence-electron chi connectivity index (χ0n) is 11.9. The standard InChI is InChI=1S/C15H26N2O2/c1-16-8-3-2-4-11(16)7-9-17-12-5-6-14(17)13(10-12)15(18)19/h11-14H,2-10H2,1H3,(H,18,19). The third-order valence-corrected chi connectivity index (χ3v) is 5.64. The Hall–Kier alpha value is -0.610. The van der Waals surface area contributed by atoms with E-state index in [0.29, 0.717) is 12.1 Å². The molecule has 1 N–H and O–H groups in total. The highest BCUT2D eigenvalue weighted by Crippen LogP contribution is 2.42. The summed E-state index contributed by atoms with van der Waals surface area (Å²) in [5.74, 6) is -0.671. The Morgan fingerprint density at radius 1 is 1.26 bits per heavy atom. The predicted octanol–water partition coefficient (Wildman–Crippen LogP) is 1.80. The molecule has 108 valence electrons. The Kier molecular flexibility index (Phi) is 3.81. The Labute approximate surface area is 115 Å². The minimum absolute atomic E-state index is 0.0946. The maximum absolute atomic E-state index is 11.3. The quantitative estimate of drug-likeness (QED) is 0.842. The van der Waals surface area contributed by atoms with Crippen molar-refractivity contribution in [3.8, 4) is 0 Å². The van der Waals surface area contributed by atoms with Gasteiger partial charge in [-0.2, -0.15) is 0 Å². The van der Waals surface area contributed by atoms with Crippen molar-refractivity contribution in [2.75, 3.05) is 20.1 Å². The van der Waals surface area contributed by atoms with Gasteiger partial charge in [0.2, 0.25) is 0 Å². The molecule has 0 aromatic heterocycles. The van der Waals surface area contributed by atoms with Crippen LogP contribution in [-0.4, -0.2) is 59.1 Å². The highest BCUT2D eigenvalue weighted by molar-refractivity contribution is 5.71. The Morgan fingerprint density at radius 2 is 2.11 bits per heavy atom. The number of aliphatic carboxylic acids is 1. The maximum Gasteiger partial charge on any atom is 0.308 e. The zero-order valence-corrected chi connectivity index (χ0v) is 11.9. The van der Waals surface area contributed by atoms with Gasteiger partial charge < -0.3 is 10.0 Å². The number of hydrogen-bond acceptors (Lipinski definition) is 3. The molecular weight excluding hydrogens is 240 g/mol. The lowest BCUT2D eigenvalue weighted by Gasteiger charge is -2.34. The van der Waals surface area contributed by atoms with Crippen molar-refractivity contribution in [2.45, 2.75) is 63.1 Å². The van der Waals surface area contributed by atoms with Crippen LogP contribution in [0.4, 0.5) is 0 Å². The fraction of sp³-hybridized carbons (Fsp3) is 0.933. The summed E-state index contributed by atoms with van der Waals surface area (Å²) in [5.41, 5.74) is 0. The second-order valence-electron chi connectivity index (χ2n) is 6.64. The summed E-state index contributed by atoms with van der Waals surface area (Å²) in [6.07, 6.45) is 8.44. The van der Waals surface area contributed by atoms with Gasteiger partial charge in [0, 0.05) is 24.7 Å². The number of fused-ring (bicyclic) bond motifs is 2. The summed E-state index contributed by atoms with van der Waals surface area (Å²) in [7, 11) is 2.24. The number of rotatable bonds is 4. The van der Waals surface area contributed by atoms with E-state index in [4.69, 9.17) is 0 Å². The van der Waals surface area contributed by atoms with Gasteiger partial charge in [0.1, 0.15) is 0 Å². The fourth-order valence-corrected chi connectivity index (χ4v) is 4.52. The van der Waals surface area contributed by atoms with Crippen LogP contribution in [0.15, 0.2) is 0 Å². The Morgan fingerprint density at radius 3 is 2.79 bits per heavy atom. The molecule has 4 atom stereocenters. The van der Waals surface area contributed by atoms with Crippen molar-refractivity contribution in [3.05, 3.63) is 0 Å². The van der Waals surface area contributed by atoms with E-state index in [1.807, 2.05) is 0 Å². The molecular formula is C15H26N2O2. The van der Waals surface area contributed by atoms with Crippen LogP contribution in [0.1, 0.15) is 44.9 Å². The van der Waals surface area contributed by atoms with Gasteiger partial charge in [0.05, 0.1) is 5.92 Å². The second-order valence-corrected chi connectivity index (χ2v) is 6.64. The lowest BCUT2D eigenvalue weighted by molar-refractivity contribution is -0.142. The number of carboxylic acid groups (broad SMARTS) is 1. The molecule has 0 radical (unpaired) electrons. The van der Waals surface area contributed by atoms with Crippen molar-refractivity contribution in [2.24, 2.45) is 5.92 Å². The first kappa shape index (κ1) is 13.4. The zero-order chi connectivity index (χ0) is 13.4. The van der Waals surface area contributed by atoms with Crippen LogP contribution in [0.3, 0.4) is 0 Å². The topological polar surface area (TPSA) is 43.8 Å². The number of carbonyl (C=O) groups is 1. The third-order valence-electron chi connectivity index (χ3n) is 5.64. The highest BCUT2D eigenvalue weighted by atomic mass is 16.4. The van der Waals surface area contributed by atoms with Crippen LogP contribution in [0.2, 0.25) is 0 Å². The van der Waals surface area contributed by atoms with Crippen LogP contribution in [-0.2, 0) is 4.79 Å². The molecule has 2 bridgehead atoms. The SMILES string of the molecule is CN1CCCCC1CCN1C2CCC1C(C(=O)O)C2. The smallest absolute Gasteiger partial charge is 0.308 e. The van der Waals surface area contributed by atoms with E-state index >= 15 is 0 Å². The monoisotopic (exact) mass is 266 g/mol. The van der Waals surface area contributed by atoms with Crippen molar-refractivity contribution in [1.29, 1.82) is 0 Å². The Bertz CT molecular complexity index is 347. The molecule has 3 rings (SSSR count). The average Bonchev–Trinajstić information content (AvgIpc) is 2.95. The van der Waals surface area contributed by atoms with Crippen LogP contribution < -0.4 is 0 Å². The maximum atomic E-state index is 11.3. The lowest BCUT2D eigenvalue weighted by Crippen LogP contribution is -2.40. The third kappa shape index (κ3) is 2.52. The van der Waals surface area contributed by atoms with Gasteiger partial charge in [-0.15, -0.1) is 0 Å². The minimum atomic E-state index is -0.577. The normalized spacial score (nSPS) is 39.8. The first-order valence-electron chi connectivity index (χ1n) is 7.85. The molecule has 0 aromatic carbocycles. The fourth-order valence-electron chi connectivity index (χ4n) is 4.52. The molecule has 4 nitrogen and oxygen atoms in total. The number of hydrogen-bond donors (Lipinski definition) is 1. The van der Waals surface area contributed by atoms with Crippen LogP contribution in [0.25, 0.3) is 0 Å². The van der Waals surface area contributed by atoms with Crippen LogP contribution in [0, 0.1) is 5.92 Å².